The van der Waals surface area contributed by atoms with Crippen LogP contribution in [-0.2, 0) is 9.53 Å². The first kappa shape index (κ1) is 15.4. The number of rotatable bonds is 2. The molecule has 106 valence electrons. The van der Waals surface area contributed by atoms with E-state index in [1.807, 2.05) is 25.7 Å². The summed E-state index contributed by atoms with van der Waals surface area (Å²) in [4.78, 5) is 14.1. The number of ether oxygens (including phenoxy) is 1. The van der Waals surface area contributed by atoms with Crippen molar-refractivity contribution in [1.82, 2.24) is 10.2 Å². The maximum Gasteiger partial charge on any atom is 0.228 e. The molecule has 4 heteroatoms. The van der Waals surface area contributed by atoms with Crippen LogP contribution in [0.4, 0.5) is 0 Å². The molecule has 0 spiro atoms. The molecule has 0 bridgehead atoms. The lowest BCUT2D eigenvalue weighted by molar-refractivity contribution is -0.146. The van der Waals surface area contributed by atoms with Gasteiger partial charge < -0.3 is 15.0 Å². The van der Waals surface area contributed by atoms with Gasteiger partial charge in [-0.25, -0.2) is 0 Å². The van der Waals surface area contributed by atoms with Gasteiger partial charge in [0.05, 0.1) is 12.7 Å². The van der Waals surface area contributed by atoms with Crippen LogP contribution in [0, 0.1) is 5.41 Å². The fourth-order valence-electron chi connectivity index (χ4n) is 1.92. The van der Waals surface area contributed by atoms with Gasteiger partial charge in [0.1, 0.15) is 0 Å². The third-order valence-corrected chi connectivity index (χ3v) is 2.93. The smallest absolute Gasteiger partial charge is 0.228 e. The number of carbonyl (C=O) groups excluding carboxylic acids is 1. The Kier molecular flexibility index (Phi) is 4.78. The third-order valence-electron chi connectivity index (χ3n) is 2.93. The molecule has 1 heterocycles. The van der Waals surface area contributed by atoms with E-state index < -0.39 is 0 Å². The molecule has 0 radical (unpaired) electrons. The molecule has 1 aliphatic rings. The molecule has 1 fully saturated rings. The Hall–Kier alpha value is -0.610. The monoisotopic (exact) mass is 256 g/mol. The summed E-state index contributed by atoms with van der Waals surface area (Å²) in [6.45, 7) is 15.1. The van der Waals surface area contributed by atoms with Crippen LogP contribution in [0.3, 0.4) is 0 Å². The van der Waals surface area contributed by atoms with Crippen molar-refractivity contribution in [3.05, 3.63) is 0 Å². The quantitative estimate of drug-likeness (QED) is 0.817. The van der Waals surface area contributed by atoms with Gasteiger partial charge in [0.25, 0.3) is 0 Å². The average molecular weight is 256 g/mol. The van der Waals surface area contributed by atoms with Gasteiger partial charge in [-0.05, 0) is 20.8 Å². The minimum absolute atomic E-state index is 0.0830. The van der Waals surface area contributed by atoms with E-state index in [0.29, 0.717) is 19.7 Å². The summed E-state index contributed by atoms with van der Waals surface area (Å²) >= 11 is 0. The van der Waals surface area contributed by atoms with Gasteiger partial charge >= 0.3 is 0 Å². The lowest BCUT2D eigenvalue weighted by Gasteiger charge is -2.37. The molecule has 1 amide bonds. The zero-order valence-electron chi connectivity index (χ0n) is 12.7. The van der Waals surface area contributed by atoms with Gasteiger partial charge in [-0.1, -0.05) is 20.8 Å². The summed E-state index contributed by atoms with van der Waals surface area (Å²) in [7, 11) is 0. The van der Waals surface area contributed by atoms with Crippen LogP contribution in [0.25, 0.3) is 0 Å². The minimum Gasteiger partial charge on any atom is -0.373 e. The van der Waals surface area contributed by atoms with Gasteiger partial charge in [0, 0.05) is 30.6 Å². The zero-order valence-corrected chi connectivity index (χ0v) is 12.7. The van der Waals surface area contributed by atoms with Crippen molar-refractivity contribution < 1.29 is 9.53 Å². The highest BCUT2D eigenvalue weighted by molar-refractivity contribution is 5.81. The molecule has 1 rings (SSSR count). The van der Waals surface area contributed by atoms with Crippen LogP contribution >= 0.6 is 0 Å². The SMILES string of the molecule is CC(C)(C)NCC1CN(C(=O)C(C)(C)C)CCO1. The second-order valence-electron chi connectivity index (χ2n) is 7.12. The number of nitrogens with one attached hydrogen (secondary N) is 1. The fraction of sp³-hybridized carbons (Fsp3) is 0.929. The van der Waals surface area contributed by atoms with Crippen LogP contribution in [0.5, 0.6) is 0 Å². The molecule has 0 aliphatic carbocycles. The highest BCUT2D eigenvalue weighted by Crippen LogP contribution is 2.19. The van der Waals surface area contributed by atoms with Gasteiger partial charge in [-0.15, -0.1) is 0 Å². The molecular formula is C14H28N2O2. The fourth-order valence-corrected chi connectivity index (χ4v) is 1.92. The van der Waals surface area contributed by atoms with Crippen molar-refractivity contribution in [3.63, 3.8) is 0 Å². The number of morpholine rings is 1. The molecule has 0 aromatic heterocycles. The van der Waals surface area contributed by atoms with Crippen molar-refractivity contribution >= 4 is 5.91 Å². The van der Waals surface area contributed by atoms with Gasteiger partial charge in [0.2, 0.25) is 5.91 Å². The van der Waals surface area contributed by atoms with Crippen molar-refractivity contribution in [1.29, 1.82) is 0 Å². The predicted molar refractivity (Wildman–Crippen MR) is 73.5 cm³/mol. The zero-order chi connectivity index (χ0) is 14.0. The minimum atomic E-state index is -0.306. The van der Waals surface area contributed by atoms with E-state index in [2.05, 4.69) is 26.1 Å². The van der Waals surface area contributed by atoms with Crippen LogP contribution < -0.4 is 5.32 Å². The number of nitrogens with zero attached hydrogens (tertiary/aromatic N) is 1. The van der Waals surface area contributed by atoms with Crippen LogP contribution in [-0.4, -0.2) is 48.7 Å². The second-order valence-corrected chi connectivity index (χ2v) is 7.12. The summed E-state index contributed by atoms with van der Waals surface area (Å²) < 4.78 is 5.71. The number of carbonyl (C=O) groups is 1. The number of hydrogen-bond acceptors (Lipinski definition) is 3. The molecule has 1 unspecified atom stereocenters. The summed E-state index contributed by atoms with van der Waals surface area (Å²) in [5.74, 6) is 0.214. The van der Waals surface area contributed by atoms with Crippen LogP contribution in [0.15, 0.2) is 0 Å². The summed E-state index contributed by atoms with van der Waals surface area (Å²) in [5, 5.41) is 3.43. The van der Waals surface area contributed by atoms with Gasteiger partial charge in [0.15, 0.2) is 0 Å². The normalized spacial score (nSPS) is 22.1. The standard InChI is InChI=1S/C14H28N2O2/c1-13(2,3)12(17)16-7-8-18-11(10-16)9-15-14(4,5)6/h11,15H,7-10H2,1-6H3. The van der Waals surface area contributed by atoms with Crippen molar-refractivity contribution in [3.8, 4) is 0 Å². The van der Waals surface area contributed by atoms with Gasteiger partial charge in [-0.3, -0.25) is 4.79 Å². The maximum atomic E-state index is 12.2. The van der Waals surface area contributed by atoms with E-state index in [1.54, 1.807) is 0 Å². The van der Waals surface area contributed by atoms with Crippen molar-refractivity contribution in [2.75, 3.05) is 26.2 Å². The summed E-state index contributed by atoms with van der Waals surface area (Å²) in [6.07, 6.45) is 0.101. The third kappa shape index (κ3) is 4.94. The van der Waals surface area contributed by atoms with E-state index in [9.17, 15) is 4.79 Å². The Balaban J connectivity index is 2.49. The molecular weight excluding hydrogens is 228 g/mol. The van der Waals surface area contributed by atoms with Crippen molar-refractivity contribution in [2.45, 2.75) is 53.2 Å². The molecule has 0 aromatic carbocycles. The topological polar surface area (TPSA) is 41.6 Å². The van der Waals surface area contributed by atoms with Crippen LogP contribution in [0.1, 0.15) is 41.5 Å². The first-order valence-electron chi connectivity index (χ1n) is 6.75. The molecule has 1 atom stereocenters. The number of amides is 1. The average Bonchev–Trinajstić information content (AvgIpc) is 2.23. The highest BCUT2D eigenvalue weighted by atomic mass is 16.5. The highest BCUT2D eigenvalue weighted by Gasteiger charge is 2.31. The Labute approximate surface area is 111 Å². The Morgan fingerprint density at radius 1 is 1.28 bits per heavy atom. The lowest BCUT2D eigenvalue weighted by atomic mass is 9.94. The predicted octanol–water partition coefficient (Wildman–Crippen LogP) is 1.65. The Bertz CT molecular complexity index is 289. The summed E-state index contributed by atoms with van der Waals surface area (Å²) in [6, 6.07) is 0. The van der Waals surface area contributed by atoms with Crippen molar-refractivity contribution in [2.24, 2.45) is 5.41 Å². The molecule has 0 saturated carbocycles. The van der Waals surface area contributed by atoms with Crippen LogP contribution in [0.2, 0.25) is 0 Å². The Morgan fingerprint density at radius 3 is 2.39 bits per heavy atom. The number of hydrogen-bond donors (Lipinski definition) is 1. The van der Waals surface area contributed by atoms with Gasteiger partial charge in [-0.2, -0.15) is 0 Å². The van der Waals surface area contributed by atoms with E-state index >= 15 is 0 Å². The molecule has 1 N–H and O–H groups in total. The molecule has 1 saturated heterocycles. The first-order chi connectivity index (χ1) is 8.09. The molecule has 1 aliphatic heterocycles. The van der Waals surface area contributed by atoms with E-state index in [-0.39, 0.29) is 23.0 Å². The second kappa shape index (κ2) is 5.57. The first-order valence-corrected chi connectivity index (χ1v) is 6.75. The van der Waals surface area contributed by atoms with E-state index in [4.69, 9.17) is 4.74 Å². The Morgan fingerprint density at radius 2 is 1.89 bits per heavy atom. The molecule has 18 heavy (non-hydrogen) atoms. The maximum absolute atomic E-state index is 12.2. The summed E-state index contributed by atoms with van der Waals surface area (Å²) in [5.41, 5.74) is -0.223. The largest absolute Gasteiger partial charge is 0.373 e. The molecule has 0 aromatic rings. The lowest BCUT2D eigenvalue weighted by Crippen LogP contribution is -2.53. The molecule has 4 nitrogen and oxygen atoms in total. The van der Waals surface area contributed by atoms with E-state index in [0.717, 1.165) is 6.54 Å². The van der Waals surface area contributed by atoms with E-state index in [1.165, 1.54) is 0 Å².